The van der Waals surface area contributed by atoms with E-state index in [2.05, 4.69) is 31.3 Å². The molecule has 0 saturated heterocycles. The number of nitrogens with zero attached hydrogens (tertiary/aromatic N) is 7. The Morgan fingerprint density at radius 3 is 2.71 bits per heavy atom. The number of hydrogen-bond acceptors (Lipinski definition) is 7. The Balaban J connectivity index is 1.64. The maximum absolute atomic E-state index is 9.10. The van der Waals surface area contributed by atoms with Crippen molar-refractivity contribution in [1.29, 1.82) is 5.26 Å². The van der Waals surface area contributed by atoms with E-state index in [0.29, 0.717) is 29.2 Å². The van der Waals surface area contributed by atoms with Crippen LogP contribution in [0.5, 0.6) is 0 Å². The number of anilines is 1. The Hall–Kier alpha value is -4.12. The Morgan fingerprint density at radius 1 is 1.07 bits per heavy atom. The zero-order chi connectivity index (χ0) is 19.5. The van der Waals surface area contributed by atoms with Gasteiger partial charge in [0.2, 0.25) is 5.95 Å². The Labute approximate surface area is 161 Å². The minimum atomic E-state index is 0.129. The second kappa shape index (κ2) is 7.25. The van der Waals surface area contributed by atoms with Crippen LogP contribution in [0.4, 0.5) is 5.95 Å². The van der Waals surface area contributed by atoms with E-state index in [1.807, 2.05) is 31.3 Å². The molecule has 0 bridgehead atoms. The molecule has 0 radical (unpaired) electrons. The highest BCUT2D eigenvalue weighted by molar-refractivity contribution is 5.68. The monoisotopic (exact) mass is 368 g/mol. The van der Waals surface area contributed by atoms with E-state index in [0.717, 1.165) is 16.8 Å². The number of rotatable bonds is 4. The third kappa shape index (κ3) is 3.68. The van der Waals surface area contributed by atoms with Crippen LogP contribution in [0.3, 0.4) is 0 Å². The molecule has 0 atom stereocenters. The topological polar surface area (TPSA) is 119 Å². The van der Waals surface area contributed by atoms with Crippen molar-refractivity contribution in [3.05, 3.63) is 71.7 Å². The van der Waals surface area contributed by atoms with Gasteiger partial charge in [-0.05, 0) is 36.8 Å². The molecular weight excluding hydrogens is 352 g/mol. The Bertz CT molecular complexity index is 1170. The first-order chi connectivity index (χ1) is 13.6. The highest BCUT2D eigenvalue weighted by Gasteiger charge is 2.11. The summed E-state index contributed by atoms with van der Waals surface area (Å²) in [4.78, 5) is 12.9. The van der Waals surface area contributed by atoms with Gasteiger partial charge in [-0.1, -0.05) is 23.4 Å². The van der Waals surface area contributed by atoms with Crippen molar-refractivity contribution in [2.24, 2.45) is 0 Å². The fourth-order valence-corrected chi connectivity index (χ4v) is 2.74. The maximum atomic E-state index is 9.10. The Morgan fingerprint density at radius 2 is 1.93 bits per heavy atom. The number of hydrogen-bond donors (Lipinski definition) is 1. The molecule has 3 aromatic heterocycles. The van der Waals surface area contributed by atoms with Gasteiger partial charge in [-0.25, -0.2) is 14.6 Å². The zero-order valence-corrected chi connectivity index (χ0v) is 15.1. The van der Waals surface area contributed by atoms with Crippen molar-refractivity contribution < 1.29 is 0 Å². The van der Waals surface area contributed by atoms with Crippen LogP contribution in [0.15, 0.2) is 54.9 Å². The van der Waals surface area contributed by atoms with E-state index >= 15 is 0 Å². The van der Waals surface area contributed by atoms with Gasteiger partial charge in [0.25, 0.3) is 0 Å². The van der Waals surface area contributed by atoms with E-state index in [-0.39, 0.29) is 5.95 Å². The SMILES string of the molecule is Cc1ccc(Cn2cc(-c3cc(-c4cccc(C#N)c4)nc(N)n3)nn2)nc1. The minimum Gasteiger partial charge on any atom is -0.368 e. The molecule has 4 rings (SSSR count). The van der Waals surface area contributed by atoms with Crippen molar-refractivity contribution >= 4 is 5.95 Å². The lowest BCUT2D eigenvalue weighted by Gasteiger charge is -2.05. The predicted molar refractivity (Wildman–Crippen MR) is 104 cm³/mol. The molecule has 0 aliphatic rings. The smallest absolute Gasteiger partial charge is 0.221 e. The summed E-state index contributed by atoms with van der Waals surface area (Å²) in [5, 5.41) is 17.5. The number of pyridine rings is 1. The van der Waals surface area contributed by atoms with Crippen LogP contribution in [0.2, 0.25) is 0 Å². The molecule has 4 aromatic rings. The van der Waals surface area contributed by atoms with Crippen LogP contribution in [0.1, 0.15) is 16.8 Å². The summed E-state index contributed by atoms with van der Waals surface area (Å²) in [7, 11) is 0. The van der Waals surface area contributed by atoms with Crippen molar-refractivity contribution in [1.82, 2.24) is 29.9 Å². The minimum absolute atomic E-state index is 0.129. The summed E-state index contributed by atoms with van der Waals surface area (Å²) in [5.74, 6) is 0.129. The van der Waals surface area contributed by atoms with Gasteiger partial charge in [-0.15, -0.1) is 5.10 Å². The molecule has 0 unspecified atom stereocenters. The number of nitriles is 1. The molecule has 136 valence electrons. The van der Waals surface area contributed by atoms with Crippen LogP contribution >= 0.6 is 0 Å². The molecule has 0 amide bonds. The highest BCUT2D eigenvalue weighted by atomic mass is 15.4. The highest BCUT2D eigenvalue weighted by Crippen LogP contribution is 2.24. The first kappa shape index (κ1) is 17.3. The largest absolute Gasteiger partial charge is 0.368 e. The summed E-state index contributed by atoms with van der Waals surface area (Å²) in [6.07, 6.45) is 3.61. The lowest BCUT2D eigenvalue weighted by molar-refractivity contribution is 0.638. The van der Waals surface area contributed by atoms with Crippen molar-refractivity contribution in [2.45, 2.75) is 13.5 Å². The number of nitrogen functional groups attached to an aromatic ring is 1. The van der Waals surface area contributed by atoms with Crippen LogP contribution in [0, 0.1) is 18.3 Å². The molecule has 0 aliphatic carbocycles. The maximum Gasteiger partial charge on any atom is 0.221 e. The molecule has 0 spiro atoms. The lowest BCUT2D eigenvalue weighted by Crippen LogP contribution is -2.02. The molecule has 1 aromatic carbocycles. The molecule has 28 heavy (non-hydrogen) atoms. The third-order valence-corrected chi connectivity index (χ3v) is 4.13. The number of nitrogens with two attached hydrogens (primary N) is 1. The quantitative estimate of drug-likeness (QED) is 0.588. The van der Waals surface area contributed by atoms with Gasteiger partial charge in [0.15, 0.2) is 0 Å². The molecule has 3 heterocycles. The fraction of sp³-hybridized carbons (Fsp3) is 0.100. The summed E-state index contributed by atoms with van der Waals surface area (Å²) < 4.78 is 1.70. The van der Waals surface area contributed by atoms with E-state index in [1.165, 1.54) is 0 Å². The first-order valence-electron chi connectivity index (χ1n) is 8.58. The van der Waals surface area contributed by atoms with E-state index in [4.69, 9.17) is 11.0 Å². The molecule has 2 N–H and O–H groups in total. The van der Waals surface area contributed by atoms with Gasteiger partial charge in [-0.3, -0.25) is 4.98 Å². The van der Waals surface area contributed by atoms with Crippen LogP contribution in [-0.2, 0) is 6.54 Å². The summed E-state index contributed by atoms with van der Waals surface area (Å²) in [6.45, 7) is 2.50. The Kier molecular flexibility index (Phi) is 4.48. The molecular formula is C20H16N8. The summed E-state index contributed by atoms with van der Waals surface area (Å²) in [5.41, 5.74) is 11.0. The molecule has 8 nitrogen and oxygen atoms in total. The zero-order valence-electron chi connectivity index (χ0n) is 15.1. The number of aryl methyl sites for hydroxylation is 1. The molecule has 0 aliphatic heterocycles. The standard InChI is InChI=1S/C20H16N8/c1-13-5-6-16(23-10-13)11-28-12-19(26-27-28)18-8-17(24-20(22)25-18)15-4-2-3-14(7-15)9-21/h2-8,10,12H,11H2,1H3,(H2,22,24,25). The van der Waals surface area contributed by atoms with Gasteiger partial charge in [0.05, 0.1) is 41.5 Å². The predicted octanol–water partition coefficient (Wildman–Crippen LogP) is 2.61. The van der Waals surface area contributed by atoms with Crippen molar-refractivity contribution in [3.63, 3.8) is 0 Å². The van der Waals surface area contributed by atoms with Gasteiger partial charge < -0.3 is 5.73 Å². The second-order valence-corrected chi connectivity index (χ2v) is 6.32. The van der Waals surface area contributed by atoms with Gasteiger partial charge in [-0.2, -0.15) is 5.26 Å². The lowest BCUT2D eigenvalue weighted by atomic mass is 10.1. The molecule has 0 saturated carbocycles. The van der Waals surface area contributed by atoms with Crippen LogP contribution < -0.4 is 5.73 Å². The van der Waals surface area contributed by atoms with E-state index in [9.17, 15) is 0 Å². The van der Waals surface area contributed by atoms with Crippen molar-refractivity contribution in [3.8, 4) is 28.7 Å². The van der Waals surface area contributed by atoms with E-state index < -0.39 is 0 Å². The third-order valence-electron chi connectivity index (χ3n) is 4.13. The molecule has 8 heteroatoms. The second-order valence-electron chi connectivity index (χ2n) is 6.32. The average Bonchev–Trinajstić information content (AvgIpc) is 3.18. The normalized spacial score (nSPS) is 10.6. The van der Waals surface area contributed by atoms with Gasteiger partial charge in [0, 0.05) is 11.8 Å². The van der Waals surface area contributed by atoms with Gasteiger partial charge >= 0.3 is 0 Å². The summed E-state index contributed by atoms with van der Waals surface area (Å²) in [6, 6.07) is 15.0. The summed E-state index contributed by atoms with van der Waals surface area (Å²) >= 11 is 0. The average molecular weight is 368 g/mol. The number of aromatic nitrogens is 6. The fourth-order valence-electron chi connectivity index (χ4n) is 2.74. The first-order valence-corrected chi connectivity index (χ1v) is 8.58. The number of benzene rings is 1. The van der Waals surface area contributed by atoms with Crippen LogP contribution in [-0.4, -0.2) is 29.9 Å². The van der Waals surface area contributed by atoms with Crippen LogP contribution in [0.25, 0.3) is 22.6 Å². The van der Waals surface area contributed by atoms with Crippen molar-refractivity contribution in [2.75, 3.05) is 5.73 Å². The van der Waals surface area contributed by atoms with E-state index in [1.54, 1.807) is 35.1 Å². The molecule has 0 fully saturated rings. The van der Waals surface area contributed by atoms with Gasteiger partial charge in [0.1, 0.15) is 5.69 Å².